The Morgan fingerprint density at radius 1 is 1.21 bits per heavy atom. The molecule has 0 aliphatic carbocycles. The van der Waals surface area contributed by atoms with Crippen molar-refractivity contribution in [2.75, 3.05) is 32.6 Å². The molecule has 1 aliphatic heterocycles. The molecule has 5 rings (SSSR count). The van der Waals surface area contributed by atoms with Crippen molar-refractivity contribution in [1.29, 1.82) is 0 Å². The molecule has 1 unspecified atom stereocenters. The second-order valence-electron chi connectivity index (χ2n) is 8.57. The first kappa shape index (κ1) is 21.8. The van der Waals surface area contributed by atoms with E-state index in [2.05, 4.69) is 22.2 Å². The molecule has 1 fully saturated rings. The zero-order valence-corrected chi connectivity index (χ0v) is 19.9. The van der Waals surface area contributed by atoms with Gasteiger partial charge in [0.15, 0.2) is 17.3 Å². The van der Waals surface area contributed by atoms with Crippen molar-refractivity contribution in [2.45, 2.75) is 32.2 Å². The van der Waals surface area contributed by atoms with E-state index >= 15 is 0 Å². The fourth-order valence-electron chi connectivity index (χ4n) is 4.58. The largest absolute Gasteiger partial charge is 0.493 e. The Bertz CT molecular complexity index is 1280. The maximum absolute atomic E-state index is 6.46. The van der Waals surface area contributed by atoms with Crippen LogP contribution in [-0.2, 0) is 0 Å². The number of anilines is 2. The third-order valence-electron chi connectivity index (χ3n) is 6.48. The number of nitrogens with zero attached hydrogens (tertiary/aromatic N) is 4. The van der Waals surface area contributed by atoms with Crippen LogP contribution in [0.25, 0.3) is 16.6 Å². The molecular formula is C25H28ClN5O2. The molecule has 0 amide bonds. The molecule has 0 bridgehead atoms. The van der Waals surface area contributed by atoms with Gasteiger partial charge in [-0.1, -0.05) is 23.7 Å². The van der Waals surface area contributed by atoms with E-state index in [1.807, 2.05) is 41.7 Å². The standard InChI is InChI=1S/C25H28ClN5O2/c1-16-6-4-8-18(26)24(16)29-25-21-14-27-15-31(21)20-13-22(32-3)23(12-19(20)28-25)33-11-9-17-7-5-10-30(17)2/h4,6,8,12-15,17H,5,7,9-11H2,1-3H3,(H,28,29). The van der Waals surface area contributed by atoms with Crippen LogP contribution in [0.15, 0.2) is 42.9 Å². The van der Waals surface area contributed by atoms with E-state index in [1.165, 1.54) is 12.8 Å². The predicted octanol–water partition coefficient (Wildman–Crippen LogP) is 5.46. The summed E-state index contributed by atoms with van der Waals surface area (Å²) < 4.78 is 13.8. The van der Waals surface area contributed by atoms with Crippen LogP contribution in [-0.4, -0.2) is 52.6 Å². The molecule has 1 N–H and O–H groups in total. The Morgan fingerprint density at radius 2 is 2.09 bits per heavy atom. The SMILES string of the molecule is COc1cc2c(cc1OCCC1CCCN1C)nc(Nc1c(C)cccc1Cl)c1cncn12. The lowest BCUT2D eigenvalue weighted by molar-refractivity contribution is 0.227. The Balaban J connectivity index is 1.51. The molecule has 1 aliphatic rings. The fraction of sp³-hybridized carbons (Fsp3) is 0.360. The molecule has 0 saturated carbocycles. The summed E-state index contributed by atoms with van der Waals surface area (Å²) in [5.74, 6) is 2.05. The lowest BCUT2D eigenvalue weighted by Crippen LogP contribution is -2.26. The van der Waals surface area contributed by atoms with Crippen LogP contribution in [0, 0.1) is 6.92 Å². The van der Waals surface area contributed by atoms with E-state index in [1.54, 1.807) is 19.6 Å². The lowest BCUT2D eigenvalue weighted by Gasteiger charge is -2.20. The van der Waals surface area contributed by atoms with Crippen LogP contribution >= 0.6 is 11.6 Å². The predicted molar refractivity (Wildman–Crippen MR) is 132 cm³/mol. The van der Waals surface area contributed by atoms with E-state index < -0.39 is 0 Å². The molecule has 7 nitrogen and oxygen atoms in total. The number of methoxy groups -OCH3 is 1. The molecule has 33 heavy (non-hydrogen) atoms. The molecule has 2 aromatic carbocycles. The quantitative estimate of drug-likeness (QED) is 0.391. The van der Waals surface area contributed by atoms with Gasteiger partial charge in [-0.25, -0.2) is 9.97 Å². The van der Waals surface area contributed by atoms with Crippen molar-refractivity contribution < 1.29 is 9.47 Å². The zero-order valence-electron chi connectivity index (χ0n) is 19.1. The number of benzene rings is 2. The molecule has 0 radical (unpaired) electrons. The van der Waals surface area contributed by atoms with Crippen molar-refractivity contribution in [2.24, 2.45) is 0 Å². The number of nitrogens with one attached hydrogen (secondary N) is 1. The number of para-hydroxylation sites is 1. The van der Waals surface area contributed by atoms with Crippen LogP contribution in [0.5, 0.6) is 11.5 Å². The van der Waals surface area contributed by atoms with Crippen LogP contribution in [0.3, 0.4) is 0 Å². The molecule has 8 heteroatoms. The Kier molecular flexibility index (Phi) is 6.00. The second-order valence-corrected chi connectivity index (χ2v) is 8.98. The number of hydrogen-bond donors (Lipinski definition) is 1. The molecular weight excluding hydrogens is 438 g/mol. The maximum Gasteiger partial charge on any atom is 0.163 e. The molecule has 4 aromatic rings. The van der Waals surface area contributed by atoms with Gasteiger partial charge < -0.3 is 19.7 Å². The number of hydrogen-bond acceptors (Lipinski definition) is 6. The Hall–Kier alpha value is -3.03. The monoisotopic (exact) mass is 465 g/mol. The average molecular weight is 466 g/mol. The van der Waals surface area contributed by atoms with Gasteiger partial charge in [-0.2, -0.15) is 0 Å². The van der Waals surface area contributed by atoms with Gasteiger partial charge in [-0.3, -0.25) is 4.40 Å². The van der Waals surface area contributed by atoms with Crippen LogP contribution in [0.4, 0.5) is 11.5 Å². The average Bonchev–Trinajstić information content (AvgIpc) is 3.45. The van der Waals surface area contributed by atoms with Crippen molar-refractivity contribution in [3.05, 3.63) is 53.4 Å². The number of halogens is 1. The van der Waals surface area contributed by atoms with Crippen molar-refractivity contribution in [3.63, 3.8) is 0 Å². The van der Waals surface area contributed by atoms with E-state index in [0.717, 1.165) is 40.8 Å². The van der Waals surface area contributed by atoms with Gasteiger partial charge >= 0.3 is 0 Å². The molecule has 2 aromatic heterocycles. The third-order valence-corrected chi connectivity index (χ3v) is 6.79. The third kappa shape index (κ3) is 4.18. The van der Waals surface area contributed by atoms with Crippen molar-refractivity contribution >= 4 is 39.7 Å². The highest BCUT2D eigenvalue weighted by molar-refractivity contribution is 6.33. The first-order valence-electron chi connectivity index (χ1n) is 11.2. The van der Waals surface area contributed by atoms with Gasteiger partial charge in [0.25, 0.3) is 0 Å². The number of imidazole rings is 1. The number of likely N-dealkylation sites (tertiary alicyclic amines) is 1. The lowest BCUT2D eigenvalue weighted by atomic mass is 10.1. The Labute approximate surface area is 198 Å². The first-order valence-corrected chi connectivity index (χ1v) is 11.6. The molecule has 3 heterocycles. The smallest absolute Gasteiger partial charge is 0.163 e. The van der Waals surface area contributed by atoms with Gasteiger partial charge in [0.2, 0.25) is 0 Å². The zero-order chi connectivity index (χ0) is 22.9. The van der Waals surface area contributed by atoms with Gasteiger partial charge in [0.05, 0.1) is 48.0 Å². The van der Waals surface area contributed by atoms with Gasteiger partial charge in [0, 0.05) is 18.2 Å². The van der Waals surface area contributed by atoms with Gasteiger partial charge in [-0.15, -0.1) is 0 Å². The Morgan fingerprint density at radius 3 is 2.85 bits per heavy atom. The number of ether oxygens (including phenoxy) is 2. The summed E-state index contributed by atoms with van der Waals surface area (Å²) >= 11 is 6.46. The minimum Gasteiger partial charge on any atom is -0.493 e. The second kappa shape index (κ2) is 9.08. The summed E-state index contributed by atoms with van der Waals surface area (Å²) in [6, 6.07) is 10.3. The molecule has 1 atom stereocenters. The van der Waals surface area contributed by atoms with Crippen LogP contribution in [0.2, 0.25) is 5.02 Å². The van der Waals surface area contributed by atoms with E-state index in [0.29, 0.717) is 35.0 Å². The normalized spacial score (nSPS) is 16.5. The summed E-state index contributed by atoms with van der Waals surface area (Å²) in [6.07, 6.45) is 7.04. The number of aromatic nitrogens is 3. The first-order chi connectivity index (χ1) is 16.0. The minimum absolute atomic E-state index is 0.579. The highest BCUT2D eigenvalue weighted by Gasteiger charge is 2.21. The number of fused-ring (bicyclic) bond motifs is 3. The minimum atomic E-state index is 0.579. The highest BCUT2D eigenvalue weighted by atomic mass is 35.5. The number of rotatable bonds is 7. The van der Waals surface area contributed by atoms with Gasteiger partial charge in [-0.05, 0) is 51.4 Å². The van der Waals surface area contributed by atoms with Crippen molar-refractivity contribution in [1.82, 2.24) is 19.3 Å². The van der Waals surface area contributed by atoms with Crippen LogP contribution < -0.4 is 14.8 Å². The topological polar surface area (TPSA) is 63.9 Å². The highest BCUT2D eigenvalue weighted by Crippen LogP contribution is 2.35. The van der Waals surface area contributed by atoms with Crippen LogP contribution in [0.1, 0.15) is 24.8 Å². The number of aryl methyl sites for hydroxylation is 1. The summed E-state index contributed by atoms with van der Waals surface area (Å²) in [5, 5.41) is 4.06. The van der Waals surface area contributed by atoms with E-state index in [9.17, 15) is 0 Å². The summed E-state index contributed by atoms with van der Waals surface area (Å²) in [6.45, 7) is 3.81. The fourth-order valence-corrected chi connectivity index (χ4v) is 4.85. The van der Waals surface area contributed by atoms with Gasteiger partial charge in [0.1, 0.15) is 5.52 Å². The summed E-state index contributed by atoms with van der Waals surface area (Å²) in [5.41, 5.74) is 4.39. The van der Waals surface area contributed by atoms with E-state index in [4.69, 9.17) is 26.1 Å². The summed E-state index contributed by atoms with van der Waals surface area (Å²) in [7, 11) is 3.84. The molecule has 0 spiro atoms. The molecule has 1 saturated heterocycles. The summed E-state index contributed by atoms with van der Waals surface area (Å²) in [4.78, 5) is 11.7. The molecule has 172 valence electrons. The maximum atomic E-state index is 6.46. The van der Waals surface area contributed by atoms with Crippen molar-refractivity contribution in [3.8, 4) is 11.5 Å². The van der Waals surface area contributed by atoms with E-state index in [-0.39, 0.29) is 0 Å².